The van der Waals surface area contributed by atoms with Crippen LogP contribution in [0.25, 0.3) is 0 Å². The van der Waals surface area contributed by atoms with Crippen LogP contribution in [0.3, 0.4) is 0 Å². The van der Waals surface area contributed by atoms with E-state index in [1.54, 1.807) is 13.0 Å². The number of rotatable bonds is 3. The summed E-state index contributed by atoms with van der Waals surface area (Å²) in [5.74, 6) is -0.202. The maximum atomic E-state index is 11.9. The Morgan fingerprint density at radius 3 is 2.39 bits per heavy atom. The monoisotopic (exact) mass is 249 g/mol. The summed E-state index contributed by atoms with van der Waals surface area (Å²) in [6, 6.07) is 4.51. The van der Waals surface area contributed by atoms with E-state index >= 15 is 0 Å². The van der Waals surface area contributed by atoms with Crippen LogP contribution in [0.2, 0.25) is 0 Å². The fourth-order valence-electron chi connectivity index (χ4n) is 1.42. The maximum absolute atomic E-state index is 11.9. The van der Waals surface area contributed by atoms with Gasteiger partial charge < -0.3 is 10.4 Å². The summed E-state index contributed by atoms with van der Waals surface area (Å²) in [5.41, 5.74) is 0.683. The van der Waals surface area contributed by atoms with Gasteiger partial charge in [0.25, 0.3) is 5.91 Å². The molecule has 0 fully saturated rings. The summed E-state index contributed by atoms with van der Waals surface area (Å²) in [6.07, 6.45) is 0. The smallest absolute Gasteiger partial charge is 0.251 e. The van der Waals surface area contributed by atoms with Crippen LogP contribution in [0.4, 0.5) is 0 Å². The number of hydrogen-bond acceptors (Lipinski definition) is 3. The highest BCUT2D eigenvalue weighted by atomic mass is 16.3. The van der Waals surface area contributed by atoms with Crippen molar-refractivity contribution in [2.45, 2.75) is 27.7 Å². The minimum absolute atomic E-state index is 0.0165. The van der Waals surface area contributed by atoms with Crippen LogP contribution in [-0.4, -0.2) is 23.3 Å². The third kappa shape index (κ3) is 3.58. The number of carbonyl (C=O) groups excluding carboxylic acids is 2. The summed E-state index contributed by atoms with van der Waals surface area (Å²) in [4.78, 5) is 23.5. The molecule has 18 heavy (non-hydrogen) atoms. The van der Waals surface area contributed by atoms with Gasteiger partial charge in [-0.05, 0) is 30.7 Å². The number of nitrogens with one attached hydrogen (secondary N) is 1. The van der Waals surface area contributed by atoms with E-state index < -0.39 is 5.41 Å². The number of ketones is 1. The van der Waals surface area contributed by atoms with Gasteiger partial charge in [-0.3, -0.25) is 9.59 Å². The fourth-order valence-corrected chi connectivity index (χ4v) is 1.42. The molecule has 1 aromatic rings. The molecule has 0 saturated carbocycles. The number of aryl methyl sites for hydroxylation is 1. The largest absolute Gasteiger partial charge is 0.508 e. The number of carbonyl (C=O) groups is 2. The van der Waals surface area contributed by atoms with E-state index in [0.29, 0.717) is 11.1 Å². The normalized spacial score (nSPS) is 11.1. The molecule has 0 aliphatic carbocycles. The molecule has 0 aliphatic rings. The molecular formula is C14H19NO3. The van der Waals surface area contributed by atoms with Gasteiger partial charge in [-0.15, -0.1) is 0 Å². The first-order valence-corrected chi connectivity index (χ1v) is 5.83. The molecule has 98 valence electrons. The minimum atomic E-state index is -0.461. The van der Waals surface area contributed by atoms with E-state index in [9.17, 15) is 14.7 Å². The van der Waals surface area contributed by atoms with Gasteiger partial charge in [0.05, 0.1) is 6.54 Å². The predicted molar refractivity (Wildman–Crippen MR) is 69.6 cm³/mol. The first-order valence-electron chi connectivity index (χ1n) is 5.83. The van der Waals surface area contributed by atoms with Gasteiger partial charge >= 0.3 is 0 Å². The van der Waals surface area contributed by atoms with Crippen LogP contribution in [0.15, 0.2) is 18.2 Å². The average molecular weight is 249 g/mol. The zero-order valence-electron chi connectivity index (χ0n) is 11.2. The van der Waals surface area contributed by atoms with Crippen molar-refractivity contribution in [2.75, 3.05) is 6.54 Å². The highest BCUT2D eigenvalue weighted by Crippen LogP contribution is 2.16. The number of benzene rings is 1. The first kappa shape index (κ1) is 14.2. The molecule has 1 aromatic carbocycles. The number of Topliss-reactive ketones (excluding diaryl/α,β-unsaturated/α-hetero) is 1. The van der Waals surface area contributed by atoms with Gasteiger partial charge in [0.1, 0.15) is 5.75 Å². The second-order valence-electron chi connectivity index (χ2n) is 5.36. The third-order valence-electron chi connectivity index (χ3n) is 2.70. The molecule has 1 amide bonds. The Hall–Kier alpha value is -1.84. The van der Waals surface area contributed by atoms with Crippen LogP contribution in [0, 0.1) is 12.3 Å². The molecule has 0 spiro atoms. The molecule has 0 atom stereocenters. The maximum Gasteiger partial charge on any atom is 0.251 e. The van der Waals surface area contributed by atoms with Gasteiger partial charge in [0, 0.05) is 11.0 Å². The Balaban J connectivity index is 2.70. The first-order chi connectivity index (χ1) is 8.21. The third-order valence-corrected chi connectivity index (χ3v) is 2.70. The van der Waals surface area contributed by atoms with E-state index in [-0.39, 0.29) is 24.0 Å². The van der Waals surface area contributed by atoms with E-state index in [0.717, 1.165) is 0 Å². The van der Waals surface area contributed by atoms with Crippen LogP contribution < -0.4 is 5.32 Å². The number of hydrogen-bond donors (Lipinski definition) is 2. The summed E-state index contributed by atoms with van der Waals surface area (Å²) in [5, 5.41) is 11.9. The molecule has 1 rings (SSSR count). The van der Waals surface area contributed by atoms with Gasteiger partial charge in [-0.2, -0.15) is 0 Å². The quantitative estimate of drug-likeness (QED) is 0.861. The van der Waals surface area contributed by atoms with Crippen molar-refractivity contribution in [1.29, 1.82) is 0 Å². The summed E-state index contributed by atoms with van der Waals surface area (Å²) in [6.45, 7) is 7.19. The molecule has 0 aromatic heterocycles. The molecule has 0 radical (unpaired) electrons. The second-order valence-corrected chi connectivity index (χ2v) is 5.36. The standard InChI is InChI=1S/C14H19NO3/c1-9-7-10(16)5-6-11(9)13(18)15-8-12(17)14(2,3)4/h5-7,16H,8H2,1-4H3,(H,15,18). The number of phenolic OH excluding ortho intramolecular Hbond substituents is 1. The van der Waals surface area contributed by atoms with E-state index in [1.807, 2.05) is 20.8 Å². The number of phenols is 1. The molecule has 0 saturated heterocycles. The molecular weight excluding hydrogens is 230 g/mol. The van der Waals surface area contributed by atoms with Crippen LogP contribution >= 0.6 is 0 Å². The minimum Gasteiger partial charge on any atom is -0.508 e. The Bertz CT molecular complexity index is 472. The van der Waals surface area contributed by atoms with Gasteiger partial charge in [0.15, 0.2) is 5.78 Å². The Morgan fingerprint density at radius 1 is 1.28 bits per heavy atom. The van der Waals surface area contributed by atoms with Gasteiger partial charge in [-0.1, -0.05) is 20.8 Å². The Kier molecular flexibility index (Phi) is 4.11. The van der Waals surface area contributed by atoms with Crippen molar-refractivity contribution < 1.29 is 14.7 Å². The SMILES string of the molecule is Cc1cc(O)ccc1C(=O)NCC(=O)C(C)(C)C. The van der Waals surface area contributed by atoms with Crippen molar-refractivity contribution in [3.05, 3.63) is 29.3 Å². The van der Waals surface area contributed by atoms with Crippen molar-refractivity contribution in [3.63, 3.8) is 0 Å². The van der Waals surface area contributed by atoms with E-state index in [4.69, 9.17) is 0 Å². The number of aromatic hydroxyl groups is 1. The van der Waals surface area contributed by atoms with Crippen molar-refractivity contribution in [1.82, 2.24) is 5.32 Å². The average Bonchev–Trinajstić information content (AvgIpc) is 2.24. The van der Waals surface area contributed by atoms with Gasteiger partial charge in [0.2, 0.25) is 0 Å². The van der Waals surface area contributed by atoms with Crippen LogP contribution in [0.1, 0.15) is 36.7 Å². The van der Waals surface area contributed by atoms with Crippen molar-refractivity contribution in [3.8, 4) is 5.75 Å². The van der Waals surface area contributed by atoms with Gasteiger partial charge in [-0.25, -0.2) is 0 Å². The number of amides is 1. The summed E-state index contributed by atoms with van der Waals surface area (Å²) < 4.78 is 0. The van der Waals surface area contributed by atoms with Crippen molar-refractivity contribution >= 4 is 11.7 Å². The predicted octanol–water partition coefficient (Wildman–Crippen LogP) is 2.05. The molecule has 0 bridgehead atoms. The second kappa shape index (κ2) is 5.21. The van der Waals surface area contributed by atoms with E-state index in [1.165, 1.54) is 12.1 Å². The lowest BCUT2D eigenvalue weighted by molar-refractivity contribution is -0.125. The Morgan fingerprint density at radius 2 is 1.89 bits per heavy atom. The zero-order valence-corrected chi connectivity index (χ0v) is 11.2. The highest BCUT2D eigenvalue weighted by molar-refractivity contribution is 5.98. The summed E-state index contributed by atoms with van der Waals surface area (Å²) >= 11 is 0. The fraction of sp³-hybridized carbons (Fsp3) is 0.429. The van der Waals surface area contributed by atoms with Crippen molar-refractivity contribution in [2.24, 2.45) is 5.41 Å². The highest BCUT2D eigenvalue weighted by Gasteiger charge is 2.21. The molecule has 2 N–H and O–H groups in total. The zero-order chi connectivity index (χ0) is 13.9. The van der Waals surface area contributed by atoms with E-state index in [2.05, 4.69) is 5.32 Å². The molecule has 4 heteroatoms. The lowest BCUT2D eigenvalue weighted by Crippen LogP contribution is -2.35. The lowest BCUT2D eigenvalue weighted by atomic mass is 9.91. The Labute approximate surface area is 107 Å². The van der Waals surface area contributed by atoms with Crippen LogP contribution in [0.5, 0.6) is 5.75 Å². The molecule has 0 heterocycles. The van der Waals surface area contributed by atoms with Crippen LogP contribution in [-0.2, 0) is 4.79 Å². The molecule has 4 nitrogen and oxygen atoms in total. The molecule has 0 unspecified atom stereocenters. The lowest BCUT2D eigenvalue weighted by Gasteiger charge is -2.17. The molecule has 0 aliphatic heterocycles. The topological polar surface area (TPSA) is 66.4 Å². The summed E-state index contributed by atoms with van der Waals surface area (Å²) in [7, 11) is 0.